The molecular weight excluding hydrogens is 316 g/mol. The van der Waals surface area contributed by atoms with Crippen molar-refractivity contribution >= 4 is 11.8 Å². The molecule has 1 aromatic heterocycles. The Morgan fingerprint density at radius 1 is 1.40 bits per heavy atom. The third-order valence-corrected chi connectivity index (χ3v) is 5.47. The van der Waals surface area contributed by atoms with Crippen LogP contribution in [0.3, 0.4) is 0 Å². The highest BCUT2D eigenvalue weighted by Gasteiger charge is 2.31. The summed E-state index contributed by atoms with van der Waals surface area (Å²) < 4.78 is 2.03. The number of carbonyl (C=O) groups is 2. The average Bonchev–Trinajstić information content (AvgIpc) is 3.18. The van der Waals surface area contributed by atoms with Gasteiger partial charge < -0.3 is 10.2 Å². The highest BCUT2D eigenvalue weighted by molar-refractivity contribution is 5.95. The van der Waals surface area contributed by atoms with Gasteiger partial charge in [-0.3, -0.25) is 14.3 Å². The number of hydrogen-bond acceptors (Lipinski definition) is 3. The Morgan fingerprint density at radius 3 is 2.72 bits per heavy atom. The molecule has 6 nitrogen and oxygen atoms in total. The topological polar surface area (TPSA) is 67.2 Å². The fourth-order valence-electron chi connectivity index (χ4n) is 4.05. The first-order chi connectivity index (χ1) is 12.0. The van der Waals surface area contributed by atoms with Gasteiger partial charge in [0.15, 0.2) is 0 Å². The fraction of sp³-hybridized carbons (Fsp3) is 0.632. The van der Waals surface area contributed by atoms with Gasteiger partial charge in [-0.05, 0) is 45.1 Å². The average molecular weight is 344 g/mol. The van der Waals surface area contributed by atoms with Crippen molar-refractivity contribution < 1.29 is 9.59 Å². The zero-order valence-corrected chi connectivity index (χ0v) is 15.2. The molecule has 1 atom stereocenters. The minimum Gasteiger partial charge on any atom is -0.349 e. The van der Waals surface area contributed by atoms with Crippen LogP contribution in [0.1, 0.15) is 61.1 Å². The van der Waals surface area contributed by atoms with E-state index in [-0.39, 0.29) is 17.9 Å². The molecule has 0 spiro atoms. The van der Waals surface area contributed by atoms with E-state index in [2.05, 4.69) is 17.0 Å². The second-order valence-corrected chi connectivity index (χ2v) is 7.45. The van der Waals surface area contributed by atoms with Crippen LogP contribution >= 0.6 is 0 Å². The summed E-state index contributed by atoms with van der Waals surface area (Å²) in [6.07, 6.45) is 8.73. The molecule has 1 aliphatic heterocycles. The van der Waals surface area contributed by atoms with E-state index in [1.54, 1.807) is 11.1 Å². The molecule has 1 aromatic rings. The van der Waals surface area contributed by atoms with Crippen LogP contribution < -0.4 is 5.32 Å². The van der Waals surface area contributed by atoms with E-state index in [0.717, 1.165) is 38.0 Å². The van der Waals surface area contributed by atoms with E-state index in [9.17, 15) is 9.59 Å². The molecule has 1 saturated heterocycles. The Hall–Kier alpha value is -2.11. The van der Waals surface area contributed by atoms with Crippen molar-refractivity contribution in [1.82, 2.24) is 20.0 Å². The molecule has 1 N–H and O–H groups in total. The predicted octanol–water partition coefficient (Wildman–Crippen LogP) is 2.46. The van der Waals surface area contributed by atoms with Gasteiger partial charge in [0.2, 0.25) is 5.91 Å². The van der Waals surface area contributed by atoms with E-state index in [1.807, 2.05) is 18.5 Å². The predicted molar refractivity (Wildman–Crippen MR) is 96.3 cm³/mol. The zero-order valence-electron chi connectivity index (χ0n) is 15.2. The molecule has 2 amide bonds. The highest BCUT2D eigenvalue weighted by atomic mass is 16.2. The second kappa shape index (κ2) is 7.42. The maximum Gasteiger partial charge on any atom is 0.254 e. The van der Waals surface area contributed by atoms with Gasteiger partial charge in [0.1, 0.15) is 0 Å². The first-order valence-corrected chi connectivity index (χ1v) is 9.26. The number of hydrogen-bond donors (Lipinski definition) is 1. The SMILES string of the molecule is C=CC(=O)N1CC(CC(C)NC(=O)c2cnn(C3CCCC3)c2C)C1. The first kappa shape index (κ1) is 17.7. The van der Waals surface area contributed by atoms with Crippen molar-refractivity contribution in [2.75, 3.05) is 13.1 Å². The third kappa shape index (κ3) is 3.78. The normalized spacial score (nSPS) is 19.5. The van der Waals surface area contributed by atoms with Crippen molar-refractivity contribution in [2.45, 2.75) is 58.0 Å². The lowest BCUT2D eigenvalue weighted by molar-refractivity contribution is -0.132. The largest absolute Gasteiger partial charge is 0.349 e. The van der Waals surface area contributed by atoms with Crippen LogP contribution in [-0.2, 0) is 4.79 Å². The summed E-state index contributed by atoms with van der Waals surface area (Å²) in [4.78, 5) is 25.8. The summed E-state index contributed by atoms with van der Waals surface area (Å²) in [7, 11) is 0. The van der Waals surface area contributed by atoms with E-state index in [1.165, 1.54) is 18.9 Å². The van der Waals surface area contributed by atoms with Gasteiger partial charge in [0.25, 0.3) is 5.91 Å². The summed E-state index contributed by atoms with van der Waals surface area (Å²) in [6, 6.07) is 0.523. The lowest BCUT2D eigenvalue weighted by atomic mass is 9.92. The minimum atomic E-state index is -0.0485. The Kier molecular flexibility index (Phi) is 5.25. The fourth-order valence-corrected chi connectivity index (χ4v) is 4.05. The van der Waals surface area contributed by atoms with Crippen molar-refractivity contribution in [1.29, 1.82) is 0 Å². The van der Waals surface area contributed by atoms with Crippen LogP contribution in [0.2, 0.25) is 0 Å². The van der Waals surface area contributed by atoms with E-state index >= 15 is 0 Å². The molecular formula is C19H28N4O2. The minimum absolute atomic E-state index is 0.0112. The summed E-state index contributed by atoms with van der Waals surface area (Å²) >= 11 is 0. The number of aromatic nitrogens is 2. The van der Waals surface area contributed by atoms with Gasteiger partial charge in [0.05, 0.1) is 17.8 Å². The molecule has 2 fully saturated rings. The first-order valence-electron chi connectivity index (χ1n) is 9.26. The van der Waals surface area contributed by atoms with Gasteiger partial charge >= 0.3 is 0 Å². The Balaban J connectivity index is 1.50. The summed E-state index contributed by atoms with van der Waals surface area (Å²) in [5.41, 5.74) is 1.64. The Bertz CT molecular complexity index is 654. The third-order valence-electron chi connectivity index (χ3n) is 5.47. The van der Waals surface area contributed by atoms with Crippen molar-refractivity contribution in [3.8, 4) is 0 Å². The highest BCUT2D eigenvalue weighted by Crippen LogP contribution is 2.30. The molecule has 1 aliphatic carbocycles. The van der Waals surface area contributed by atoms with Gasteiger partial charge in [-0.15, -0.1) is 0 Å². The van der Waals surface area contributed by atoms with E-state index in [4.69, 9.17) is 0 Å². The van der Waals surface area contributed by atoms with E-state index < -0.39 is 0 Å². The molecule has 0 radical (unpaired) electrons. The number of amides is 2. The van der Waals surface area contributed by atoms with Crippen molar-refractivity contribution in [2.24, 2.45) is 5.92 Å². The molecule has 2 aliphatic rings. The summed E-state index contributed by atoms with van der Waals surface area (Å²) in [5, 5.41) is 7.54. The van der Waals surface area contributed by atoms with Gasteiger partial charge in [-0.2, -0.15) is 5.10 Å². The number of likely N-dealkylation sites (tertiary alicyclic amines) is 1. The second-order valence-electron chi connectivity index (χ2n) is 7.45. The summed E-state index contributed by atoms with van der Waals surface area (Å²) in [5.74, 6) is 0.386. The van der Waals surface area contributed by atoms with Crippen LogP contribution in [0.4, 0.5) is 0 Å². The lowest BCUT2D eigenvalue weighted by Gasteiger charge is -2.39. The van der Waals surface area contributed by atoms with Crippen molar-refractivity contribution in [3.05, 3.63) is 30.1 Å². The Morgan fingerprint density at radius 2 is 2.08 bits per heavy atom. The van der Waals surface area contributed by atoms with Crippen LogP contribution in [0.5, 0.6) is 0 Å². The molecule has 1 saturated carbocycles. The maximum atomic E-state index is 12.6. The quantitative estimate of drug-likeness (QED) is 0.806. The standard InChI is InChI=1S/C19H28N4O2/c1-4-18(24)22-11-15(12-22)9-13(2)21-19(25)17-10-20-23(14(17)3)16-7-5-6-8-16/h4,10,13,15-16H,1,5-9,11-12H2,2-3H3,(H,21,25). The lowest BCUT2D eigenvalue weighted by Crippen LogP contribution is -2.51. The van der Waals surface area contributed by atoms with Crippen LogP contribution in [-0.4, -0.2) is 45.6 Å². The molecule has 136 valence electrons. The zero-order chi connectivity index (χ0) is 18.0. The van der Waals surface area contributed by atoms with Gasteiger partial charge in [-0.25, -0.2) is 0 Å². The van der Waals surface area contributed by atoms with Crippen LogP contribution in [0.15, 0.2) is 18.9 Å². The Labute approximate surface area is 149 Å². The number of rotatable bonds is 6. The molecule has 6 heteroatoms. The molecule has 25 heavy (non-hydrogen) atoms. The van der Waals surface area contributed by atoms with Gasteiger partial charge in [0, 0.05) is 24.8 Å². The smallest absolute Gasteiger partial charge is 0.254 e. The molecule has 0 bridgehead atoms. The van der Waals surface area contributed by atoms with Gasteiger partial charge in [-0.1, -0.05) is 19.4 Å². The summed E-state index contributed by atoms with van der Waals surface area (Å²) in [6.45, 7) is 9.01. The number of nitrogens with zero attached hydrogens (tertiary/aromatic N) is 3. The number of carbonyl (C=O) groups excluding carboxylic acids is 2. The van der Waals surface area contributed by atoms with Crippen LogP contribution in [0.25, 0.3) is 0 Å². The molecule has 3 rings (SSSR count). The number of nitrogens with one attached hydrogen (secondary N) is 1. The van der Waals surface area contributed by atoms with Crippen molar-refractivity contribution in [3.63, 3.8) is 0 Å². The monoisotopic (exact) mass is 344 g/mol. The maximum absolute atomic E-state index is 12.6. The molecule has 1 unspecified atom stereocenters. The van der Waals surface area contributed by atoms with E-state index in [0.29, 0.717) is 17.5 Å². The van der Waals surface area contributed by atoms with Crippen LogP contribution in [0, 0.1) is 12.8 Å². The molecule has 0 aromatic carbocycles. The molecule has 2 heterocycles.